The molecular weight excluding hydrogens is 268 g/mol. The summed E-state index contributed by atoms with van der Waals surface area (Å²) in [7, 11) is -0.574. The Balaban J connectivity index is 3.80. The van der Waals surface area contributed by atoms with E-state index < -0.39 is 15.2 Å². The first-order valence-electron chi connectivity index (χ1n) is 5.07. The molecule has 0 amide bonds. The van der Waals surface area contributed by atoms with E-state index in [4.69, 9.17) is 18.1 Å². The largest absolute Gasteiger partial charge is 0.331 e. The monoisotopic (exact) mass is 289 g/mol. The molecule has 0 aliphatic heterocycles. The van der Waals surface area contributed by atoms with Crippen molar-refractivity contribution in [2.24, 2.45) is 0 Å². The predicted octanol–water partition coefficient (Wildman–Crippen LogP) is 1.55. The summed E-state index contributed by atoms with van der Waals surface area (Å²) in [6.07, 6.45) is 0.508. The van der Waals surface area contributed by atoms with Crippen molar-refractivity contribution in [3.05, 3.63) is 0 Å². The van der Waals surface area contributed by atoms with Gasteiger partial charge in [-0.05, 0) is 0 Å². The molecule has 0 rings (SSSR count). The van der Waals surface area contributed by atoms with Gasteiger partial charge in [-0.2, -0.15) is 0 Å². The fourth-order valence-corrected chi connectivity index (χ4v) is 2.96. The smallest absolute Gasteiger partial charge is 0.315 e. The lowest BCUT2D eigenvalue weighted by atomic mass is 10.7. The third kappa shape index (κ3) is 6.67. The lowest BCUT2D eigenvalue weighted by Gasteiger charge is -2.15. The van der Waals surface area contributed by atoms with Gasteiger partial charge >= 0.3 is 15.2 Å². The third-order valence-corrected chi connectivity index (χ3v) is 6.01. The number of hydrogen-bond donors (Lipinski definition) is 1. The Kier molecular flexibility index (Phi) is 8.51. The zero-order valence-corrected chi connectivity index (χ0v) is 12.5. The van der Waals surface area contributed by atoms with Gasteiger partial charge in [0.15, 0.2) is 0 Å². The van der Waals surface area contributed by atoms with E-state index in [1.54, 1.807) is 0 Å². The SMILES string of the molecule is COP(=O)(CCNCCP(=O)(OC)OC)OC. The van der Waals surface area contributed by atoms with Crippen molar-refractivity contribution in [1.29, 1.82) is 0 Å². The highest BCUT2D eigenvalue weighted by Gasteiger charge is 2.22. The second kappa shape index (κ2) is 8.38. The average Bonchev–Trinajstić information content (AvgIpc) is 2.37. The van der Waals surface area contributed by atoms with Gasteiger partial charge in [0.05, 0.1) is 12.3 Å². The molecule has 0 aliphatic carbocycles. The van der Waals surface area contributed by atoms with Crippen LogP contribution < -0.4 is 5.32 Å². The fourth-order valence-electron chi connectivity index (χ4n) is 1.07. The minimum atomic E-state index is -2.97. The summed E-state index contributed by atoms with van der Waals surface area (Å²) in [5.41, 5.74) is 0. The van der Waals surface area contributed by atoms with Crippen molar-refractivity contribution >= 4 is 15.2 Å². The fraction of sp³-hybridized carbons (Fsp3) is 1.00. The molecule has 1 N–H and O–H groups in total. The van der Waals surface area contributed by atoms with E-state index in [-0.39, 0.29) is 12.3 Å². The van der Waals surface area contributed by atoms with Crippen LogP contribution in [-0.2, 0) is 27.2 Å². The van der Waals surface area contributed by atoms with Gasteiger partial charge in [-0.3, -0.25) is 9.13 Å². The molecule has 0 aromatic rings. The molecule has 0 bridgehead atoms. The lowest BCUT2D eigenvalue weighted by molar-refractivity contribution is 0.274. The van der Waals surface area contributed by atoms with Crippen LogP contribution in [0.3, 0.4) is 0 Å². The highest BCUT2D eigenvalue weighted by Crippen LogP contribution is 2.46. The van der Waals surface area contributed by atoms with Crippen molar-refractivity contribution in [3.63, 3.8) is 0 Å². The molecule has 0 radical (unpaired) electrons. The van der Waals surface area contributed by atoms with Crippen molar-refractivity contribution in [2.45, 2.75) is 0 Å². The van der Waals surface area contributed by atoms with Gasteiger partial charge in [0, 0.05) is 41.5 Å². The molecule has 17 heavy (non-hydrogen) atoms. The Morgan fingerprint density at radius 2 is 1.06 bits per heavy atom. The molecule has 0 aromatic heterocycles. The summed E-state index contributed by atoms with van der Waals surface area (Å²) < 4.78 is 42.3. The van der Waals surface area contributed by atoms with E-state index in [1.165, 1.54) is 28.4 Å². The van der Waals surface area contributed by atoms with E-state index in [2.05, 4.69) is 5.32 Å². The molecule has 0 fully saturated rings. The molecule has 7 nitrogen and oxygen atoms in total. The quantitative estimate of drug-likeness (QED) is 0.482. The van der Waals surface area contributed by atoms with E-state index in [0.29, 0.717) is 13.1 Å². The van der Waals surface area contributed by atoms with E-state index in [9.17, 15) is 9.13 Å². The summed E-state index contributed by atoms with van der Waals surface area (Å²) in [4.78, 5) is 0. The van der Waals surface area contributed by atoms with Crippen LogP contribution in [0.15, 0.2) is 0 Å². The minimum Gasteiger partial charge on any atom is -0.315 e. The van der Waals surface area contributed by atoms with Crippen LogP contribution in [0.1, 0.15) is 0 Å². The zero-order valence-electron chi connectivity index (χ0n) is 10.7. The molecule has 0 spiro atoms. The average molecular weight is 289 g/mol. The molecule has 0 aliphatic rings. The summed E-state index contributed by atoms with van der Waals surface area (Å²) >= 11 is 0. The van der Waals surface area contributed by atoms with Gasteiger partial charge in [0.25, 0.3) is 0 Å². The summed E-state index contributed by atoms with van der Waals surface area (Å²) in [6, 6.07) is 0. The Bertz CT molecular complexity index is 254. The van der Waals surface area contributed by atoms with Gasteiger partial charge in [-0.15, -0.1) is 0 Å². The van der Waals surface area contributed by atoms with E-state index >= 15 is 0 Å². The zero-order chi connectivity index (χ0) is 13.4. The van der Waals surface area contributed by atoms with Crippen molar-refractivity contribution in [3.8, 4) is 0 Å². The molecule has 0 unspecified atom stereocenters. The first kappa shape index (κ1) is 17.3. The molecule has 0 saturated heterocycles. The maximum atomic E-state index is 11.6. The minimum absolute atomic E-state index is 0.254. The molecule has 9 heteroatoms. The van der Waals surface area contributed by atoms with Crippen molar-refractivity contribution < 1.29 is 27.2 Å². The third-order valence-electron chi connectivity index (χ3n) is 2.24. The highest BCUT2D eigenvalue weighted by atomic mass is 31.2. The van der Waals surface area contributed by atoms with Crippen LogP contribution in [0.25, 0.3) is 0 Å². The maximum absolute atomic E-state index is 11.6. The Hall–Kier alpha value is 0.260. The first-order chi connectivity index (χ1) is 7.95. The Morgan fingerprint density at radius 3 is 1.29 bits per heavy atom. The molecule has 0 heterocycles. The van der Waals surface area contributed by atoms with Gasteiger partial charge in [-0.1, -0.05) is 0 Å². The number of rotatable bonds is 10. The lowest BCUT2D eigenvalue weighted by Crippen LogP contribution is -2.23. The van der Waals surface area contributed by atoms with Crippen LogP contribution in [0, 0.1) is 0 Å². The standard InChI is InChI=1S/C8H21NO6P2/c1-12-16(10,13-2)7-5-9-6-8-17(11,14-3)15-4/h9H,5-8H2,1-4H3. The topological polar surface area (TPSA) is 83.1 Å². The van der Waals surface area contributed by atoms with E-state index in [1.807, 2.05) is 0 Å². The first-order valence-corrected chi connectivity index (χ1v) is 8.52. The molecule has 0 saturated carbocycles. The molecule has 104 valence electrons. The van der Waals surface area contributed by atoms with Crippen LogP contribution in [0.5, 0.6) is 0 Å². The number of hydrogen-bond acceptors (Lipinski definition) is 7. The van der Waals surface area contributed by atoms with Crippen molar-refractivity contribution in [1.82, 2.24) is 5.32 Å². The van der Waals surface area contributed by atoms with Crippen LogP contribution >= 0.6 is 15.2 Å². The summed E-state index contributed by atoms with van der Waals surface area (Å²) in [6.45, 7) is 0.874. The van der Waals surface area contributed by atoms with Gasteiger partial charge in [0.2, 0.25) is 0 Å². The second-order valence-corrected chi connectivity index (χ2v) is 7.95. The van der Waals surface area contributed by atoms with Gasteiger partial charge in [-0.25, -0.2) is 0 Å². The highest BCUT2D eigenvalue weighted by molar-refractivity contribution is 7.54. The Labute approximate surface area is 102 Å². The molecule has 0 atom stereocenters. The Morgan fingerprint density at radius 1 is 0.765 bits per heavy atom. The van der Waals surface area contributed by atoms with Gasteiger partial charge in [0.1, 0.15) is 0 Å². The van der Waals surface area contributed by atoms with Crippen LogP contribution in [0.4, 0.5) is 0 Å². The predicted molar refractivity (Wildman–Crippen MR) is 65.9 cm³/mol. The molecule has 0 aromatic carbocycles. The van der Waals surface area contributed by atoms with Crippen LogP contribution in [0.2, 0.25) is 0 Å². The summed E-state index contributed by atoms with van der Waals surface area (Å²) in [5, 5.41) is 2.97. The molecular formula is C8H21NO6P2. The number of nitrogens with one attached hydrogen (secondary N) is 1. The second-order valence-electron chi connectivity index (χ2n) is 3.15. The van der Waals surface area contributed by atoms with E-state index in [0.717, 1.165) is 0 Å². The van der Waals surface area contributed by atoms with Crippen molar-refractivity contribution in [2.75, 3.05) is 53.9 Å². The van der Waals surface area contributed by atoms with Gasteiger partial charge < -0.3 is 23.4 Å². The normalized spacial score (nSPS) is 12.9. The summed E-state index contributed by atoms with van der Waals surface area (Å²) in [5.74, 6) is 0. The maximum Gasteiger partial charge on any atom is 0.331 e. The van der Waals surface area contributed by atoms with Crippen LogP contribution in [-0.4, -0.2) is 53.9 Å².